The van der Waals surface area contributed by atoms with E-state index in [4.69, 9.17) is 9.47 Å². The van der Waals surface area contributed by atoms with Crippen molar-refractivity contribution in [1.29, 1.82) is 0 Å². The lowest BCUT2D eigenvalue weighted by molar-refractivity contribution is -0.163. The number of carboxylic acid groups (broad SMARTS) is 1. The van der Waals surface area contributed by atoms with Crippen molar-refractivity contribution in [1.82, 2.24) is 4.90 Å². The number of benzene rings is 2. The topological polar surface area (TPSA) is 110 Å². The van der Waals surface area contributed by atoms with Crippen molar-refractivity contribution < 1.29 is 33.8 Å². The largest absolute Gasteiger partial charge is 0.478 e. The van der Waals surface area contributed by atoms with Crippen LogP contribution in [0.1, 0.15) is 34.6 Å². The fourth-order valence-electron chi connectivity index (χ4n) is 2.71. The van der Waals surface area contributed by atoms with Gasteiger partial charge in [-0.05, 0) is 38.1 Å². The van der Waals surface area contributed by atoms with E-state index in [1.807, 2.05) is 0 Å². The van der Waals surface area contributed by atoms with Crippen molar-refractivity contribution in [3.8, 4) is 0 Å². The highest BCUT2D eigenvalue weighted by atomic mass is 16.6. The highest BCUT2D eigenvalue weighted by Crippen LogP contribution is 2.15. The Balaban J connectivity index is 2.35. The van der Waals surface area contributed by atoms with E-state index in [2.05, 4.69) is 0 Å². The van der Waals surface area contributed by atoms with Gasteiger partial charge in [0.05, 0.1) is 11.1 Å². The third-order valence-corrected chi connectivity index (χ3v) is 4.32. The van der Waals surface area contributed by atoms with Crippen LogP contribution in [-0.4, -0.2) is 59.1 Å². The number of carbonyl (C=O) groups excluding carboxylic acids is 3. The molecule has 1 N–H and O–H groups in total. The second kappa shape index (κ2) is 10.8. The van der Waals surface area contributed by atoms with Gasteiger partial charge in [0.25, 0.3) is 5.91 Å². The molecule has 0 saturated carbocycles. The van der Waals surface area contributed by atoms with E-state index < -0.39 is 36.0 Å². The Morgan fingerprint density at radius 2 is 1.17 bits per heavy atom. The van der Waals surface area contributed by atoms with Gasteiger partial charge in [0.15, 0.2) is 0 Å². The lowest BCUT2D eigenvalue weighted by atomic mass is 10.1. The van der Waals surface area contributed by atoms with E-state index in [0.29, 0.717) is 0 Å². The average molecular weight is 413 g/mol. The summed E-state index contributed by atoms with van der Waals surface area (Å²) in [6, 6.07) is 15.6. The SMILES string of the molecule is CCN(CC)C(=O)C(OC(=O)c1ccccc1)C(OC(=O)c1ccccc1)C(=O)O. The number of hydrogen-bond acceptors (Lipinski definition) is 6. The molecule has 0 heterocycles. The molecule has 0 radical (unpaired) electrons. The van der Waals surface area contributed by atoms with Crippen LogP contribution in [0.5, 0.6) is 0 Å². The molecule has 0 aliphatic carbocycles. The Labute approximate surface area is 174 Å². The van der Waals surface area contributed by atoms with Gasteiger partial charge in [0, 0.05) is 13.1 Å². The molecule has 0 fully saturated rings. The van der Waals surface area contributed by atoms with Crippen LogP contribution in [-0.2, 0) is 19.1 Å². The Kier molecular flexibility index (Phi) is 8.10. The first-order chi connectivity index (χ1) is 14.4. The number of carboxylic acids is 1. The van der Waals surface area contributed by atoms with E-state index in [-0.39, 0.29) is 24.2 Å². The van der Waals surface area contributed by atoms with E-state index >= 15 is 0 Å². The number of likely N-dealkylation sites (N-methyl/N-ethyl adjacent to an activating group) is 1. The van der Waals surface area contributed by atoms with Crippen molar-refractivity contribution in [3.63, 3.8) is 0 Å². The molecule has 1 amide bonds. The number of esters is 2. The molecule has 8 nitrogen and oxygen atoms in total. The zero-order chi connectivity index (χ0) is 22.1. The van der Waals surface area contributed by atoms with Crippen LogP contribution in [0.4, 0.5) is 0 Å². The molecule has 0 spiro atoms. The number of nitrogens with zero attached hydrogens (tertiary/aromatic N) is 1. The van der Waals surface area contributed by atoms with E-state index in [1.54, 1.807) is 50.2 Å². The first-order valence-corrected chi connectivity index (χ1v) is 9.42. The van der Waals surface area contributed by atoms with Gasteiger partial charge in [-0.2, -0.15) is 0 Å². The molecule has 158 valence electrons. The predicted octanol–water partition coefficient (Wildman–Crippen LogP) is 2.39. The minimum Gasteiger partial charge on any atom is -0.478 e. The molecular weight excluding hydrogens is 390 g/mol. The van der Waals surface area contributed by atoms with Crippen LogP contribution in [0.3, 0.4) is 0 Å². The molecule has 2 atom stereocenters. The molecule has 0 bridgehead atoms. The first-order valence-electron chi connectivity index (χ1n) is 9.42. The molecule has 2 aromatic carbocycles. The van der Waals surface area contributed by atoms with Gasteiger partial charge in [-0.25, -0.2) is 14.4 Å². The molecule has 0 aromatic heterocycles. The Morgan fingerprint density at radius 3 is 1.53 bits per heavy atom. The monoisotopic (exact) mass is 413 g/mol. The third kappa shape index (κ3) is 5.66. The quantitative estimate of drug-likeness (QED) is 0.629. The molecule has 0 aliphatic rings. The summed E-state index contributed by atoms with van der Waals surface area (Å²) in [7, 11) is 0. The van der Waals surface area contributed by atoms with Crippen LogP contribution < -0.4 is 0 Å². The summed E-state index contributed by atoms with van der Waals surface area (Å²) < 4.78 is 10.3. The maximum Gasteiger partial charge on any atom is 0.349 e. The molecule has 0 aliphatic heterocycles. The van der Waals surface area contributed by atoms with Crippen LogP contribution in [0.2, 0.25) is 0 Å². The molecule has 2 unspecified atom stereocenters. The van der Waals surface area contributed by atoms with Gasteiger partial charge < -0.3 is 19.5 Å². The minimum atomic E-state index is -2.02. The Morgan fingerprint density at radius 1 is 0.767 bits per heavy atom. The predicted molar refractivity (Wildman–Crippen MR) is 107 cm³/mol. The van der Waals surface area contributed by atoms with Gasteiger partial charge >= 0.3 is 17.9 Å². The van der Waals surface area contributed by atoms with Crippen molar-refractivity contribution in [3.05, 3.63) is 71.8 Å². The summed E-state index contributed by atoms with van der Waals surface area (Å²) in [5, 5.41) is 9.66. The van der Waals surface area contributed by atoms with Crippen molar-refractivity contribution in [2.75, 3.05) is 13.1 Å². The number of amides is 1. The van der Waals surface area contributed by atoms with E-state index in [0.717, 1.165) is 0 Å². The first kappa shape index (κ1) is 22.6. The van der Waals surface area contributed by atoms with E-state index in [1.165, 1.54) is 29.2 Å². The van der Waals surface area contributed by atoms with Crippen LogP contribution in [0, 0.1) is 0 Å². The number of hydrogen-bond donors (Lipinski definition) is 1. The zero-order valence-corrected chi connectivity index (χ0v) is 16.7. The van der Waals surface area contributed by atoms with Gasteiger partial charge in [0.2, 0.25) is 12.2 Å². The minimum absolute atomic E-state index is 0.104. The summed E-state index contributed by atoms with van der Waals surface area (Å²) in [5.41, 5.74) is 0.237. The molecule has 30 heavy (non-hydrogen) atoms. The fraction of sp³-hybridized carbons (Fsp3) is 0.273. The highest BCUT2D eigenvalue weighted by Gasteiger charge is 2.42. The second-order valence-corrected chi connectivity index (χ2v) is 6.23. The van der Waals surface area contributed by atoms with E-state index in [9.17, 15) is 24.3 Å². The van der Waals surface area contributed by atoms with Crippen molar-refractivity contribution in [2.24, 2.45) is 0 Å². The average Bonchev–Trinajstić information content (AvgIpc) is 2.77. The third-order valence-electron chi connectivity index (χ3n) is 4.32. The van der Waals surface area contributed by atoms with Crippen LogP contribution in [0.25, 0.3) is 0 Å². The smallest absolute Gasteiger partial charge is 0.349 e. The molecule has 2 aromatic rings. The van der Waals surface area contributed by atoms with Crippen molar-refractivity contribution >= 4 is 23.8 Å². The lowest BCUT2D eigenvalue weighted by Crippen LogP contribution is -2.51. The molecule has 8 heteroatoms. The summed E-state index contributed by atoms with van der Waals surface area (Å²) >= 11 is 0. The molecule has 0 saturated heterocycles. The summed E-state index contributed by atoms with van der Waals surface area (Å²) in [4.78, 5) is 51.0. The Bertz CT molecular complexity index is 879. The number of aliphatic carboxylic acids is 1. The maximum absolute atomic E-state index is 12.9. The summed E-state index contributed by atoms with van der Waals surface area (Å²) in [5.74, 6) is -4.22. The fourth-order valence-corrected chi connectivity index (χ4v) is 2.71. The number of rotatable bonds is 9. The molecular formula is C22H23NO7. The summed E-state index contributed by atoms with van der Waals surface area (Å²) in [6.45, 7) is 3.91. The number of ether oxygens (including phenoxy) is 2. The van der Waals surface area contributed by atoms with Gasteiger partial charge in [-0.3, -0.25) is 4.79 Å². The number of carbonyl (C=O) groups is 4. The standard InChI is InChI=1S/C22H23NO7/c1-3-23(4-2)19(24)17(29-21(27)15-11-7-5-8-12-15)18(20(25)26)30-22(28)16-13-9-6-10-14-16/h5-14,17-18H,3-4H2,1-2H3,(H,25,26). The maximum atomic E-state index is 12.9. The normalized spacial score (nSPS) is 12.3. The second-order valence-electron chi connectivity index (χ2n) is 6.23. The van der Waals surface area contributed by atoms with Crippen LogP contribution >= 0.6 is 0 Å². The Hall–Kier alpha value is -3.68. The molecule has 2 rings (SSSR count). The van der Waals surface area contributed by atoms with Gasteiger partial charge in [0.1, 0.15) is 0 Å². The van der Waals surface area contributed by atoms with Crippen LogP contribution in [0.15, 0.2) is 60.7 Å². The van der Waals surface area contributed by atoms with Crippen molar-refractivity contribution in [2.45, 2.75) is 26.1 Å². The van der Waals surface area contributed by atoms with Gasteiger partial charge in [-0.1, -0.05) is 36.4 Å². The zero-order valence-electron chi connectivity index (χ0n) is 16.7. The highest BCUT2D eigenvalue weighted by molar-refractivity contribution is 5.96. The lowest BCUT2D eigenvalue weighted by Gasteiger charge is -2.28. The summed E-state index contributed by atoms with van der Waals surface area (Å²) in [6.07, 6.45) is -3.86. The van der Waals surface area contributed by atoms with Gasteiger partial charge in [-0.15, -0.1) is 0 Å².